The van der Waals surface area contributed by atoms with Crippen molar-refractivity contribution >= 4 is 11.8 Å². The molecule has 3 N–H and O–H groups in total. The molecule has 0 aliphatic carbocycles. The van der Waals surface area contributed by atoms with Crippen molar-refractivity contribution in [3.8, 4) is 5.75 Å². The average molecular weight is 473 g/mol. The van der Waals surface area contributed by atoms with Crippen molar-refractivity contribution in [1.29, 1.82) is 0 Å². The van der Waals surface area contributed by atoms with Crippen LogP contribution in [0.5, 0.6) is 5.75 Å². The summed E-state index contributed by atoms with van der Waals surface area (Å²) in [7, 11) is 0. The Hall–Kier alpha value is -3.68. The number of nitrogens with zero attached hydrogens (tertiary/aromatic N) is 2. The number of carbonyl (C=O) groups is 2. The summed E-state index contributed by atoms with van der Waals surface area (Å²) in [5.41, 5.74) is 8.62. The third kappa shape index (κ3) is 7.15. The monoisotopic (exact) mass is 472 g/mol. The van der Waals surface area contributed by atoms with E-state index in [1.165, 1.54) is 11.1 Å². The molecule has 0 unspecified atom stereocenters. The van der Waals surface area contributed by atoms with Gasteiger partial charge in [0.15, 0.2) is 6.61 Å². The summed E-state index contributed by atoms with van der Waals surface area (Å²) in [6.45, 7) is 4.16. The second-order valence-corrected chi connectivity index (χ2v) is 8.71. The second kappa shape index (κ2) is 12.1. The molecule has 0 atom stereocenters. The van der Waals surface area contributed by atoms with Crippen LogP contribution in [-0.2, 0) is 16.1 Å². The van der Waals surface area contributed by atoms with Crippen LogP contribution in [0.15, 0.2) is 84.9 Å². The Balaban J connectivity index is 1.26. The van der Waals surface area contributed by atoms with Crippen LogP contribution in [0.1, 0.15) is 22.7 Å². The van der Waals surface area contributed by atoms with E-state index in [-0.39, 0.29) is 18.6 Å². The van der Waals surface area contributed by atoms with Crippen molar-refractivity contribution in [2.45, 2.75) is 12.6 Å². The number of piperazine rings is 1. The Labute approximate surface area is 206 Å². The highest BCUT2D eigenvalue weighted by molar-refractivity contribution is 5.78. The lowest BCUT2D eigenvalue weighted by Gasteiger charge is -2.39. The molecule has 4 rings (SSSR count). The summed E-state index contributed by atoms with van der Waals surface area (Å²) in [5, 5.41) is 2.99. The number of rotatable bonds is 10. The van der Waals surface area contributed by atoms with Crippen LogP contribution in [0.3, 0.4) is 0 Å². The molecule has 0 spiro atoms. The molecule has 1 heterocycles. The zero-order valence-corrected chi connectivity index (χ0v) is 19.8. The maximum atomic E-state index is 12.5. The second-order valence-electron chi connectivity index (χ2n) is 8.71. The minimum atomic E-state index is -0.516. The van der Waals surface area contributed by atoms with Crippen molar-refractivity contribution in [3.05, 3.63) is 102 Å². The first-order valence-corrected chi connectivity index (χ1v) is 11.9. The van der Waals surface area contributed by atoms with Crippen LogP contribution in [0.4, 0.5) is 0 Å². The van der Waals surface area contributed by atoms with E-state index in [0.717, 1.165) is 31.7 Å². The number of ether oxygens (including phenoxy) is 1. The number of hydrogen-bond donors (Lipinski definition) is 2. The molecule has 7 heteroatoms. The molecule has 0 aromatic heterocycles. The van der Waals surface area contributed by atoms with Crippen LogP contribution in [0, 0.1) is 0 Å². The number of hydrogen-bond acceptors (Lipinski definition) is 5. The fourth-order valence-corrected chi connectivity index (χ4v) is 4.38. The fourth-order valence-electron chi connectivity index (χ4n) is 4.38. The summed E-state index contributed by atoms with van der Waals surface area (Å²) < 4.78 is 5.26. The molecule has 1 aliphatic heterocycles. The Kier molecular flexibility index (Phi) is 8.48. The molecule has 0 radical (unpaired) electrons. The highest BCUT2D eigenvalue weighted by atomic mass is 16.5. The van der Waals surface area contributed by atoms with Gasteiger partial charge in [-0.05, 0) is 28.8 Å². The van der Waals surface area contributed by atoms with Crippen molar-refractivity contribution < 1.29 is 14.3 Å². The smallest absolute Gasteiger partial charge is 0.255 e. The molecule has 1 saturated heterocycles. The van der Waals surface area contributed by atoms with Gasteiger partial charge in [0.05, 0.1) is 12.6 Å². The quantitative estimate of drug-likeness (QED) is 0.474. The lowest BCUT2D eigenvalue weighted by atomic mass is 9.96. The number of nitrogens with two attached hydrogens (primary N) is 1. The summed E-state index contributed by atoms with van der Waals surface area (Å²) in [6.07, 6.45) is 0. The summed E-state index contributed by atoms with van der Waals surface area (Å²) in [5.74, 6) is 0.0639. The van der Waals surface area contributed by atoms with E-state index in [9.17, 15) is 9.59 Å². The Morgan fingerprint density at radius 2 is 1.40 bits per heavy atom. The van der Waals surface area contributed by atoms with Crippen LogP contribution in [-0.4, -0.2) is 60.9 Å². The fraction of sp³-hybridized carbons (Fsp3) is 0.286. The summed E-state index contributed by atoms with van der Waals surface area (Å²) >= 11 is 0. The molecule has 1 fully saturated rings. The first kappa shape index (κ1) is 24.4. The van der Waals surface area contributed by atoms with Crippen LogP contribution >= 0.6 is 0 Å². The number of amides is 2. The first-order chi connectivity index (χ1) is 17.1. The van der Waals surface area contributed by atoms with E-state index >= 15 is 0 Å². The lowest BCUT2D eigenvalue weighted by molar-refractivity contribution is -0.123. The van der Waals surface area contributed by atoms with E-state index in [4.69, 9.17) is 10.5 Å². The maximum Gasteiger partial charge on any atom is 0.255 e. The van der Waals surface area contributed by atoms with E-state index in [1.807, 2.05) is 24.3 Å². The zero-order valence-electron chi connectivity index (χ0n) is 19.8. The van der Waals surface area contributed by atoms with E-state index in [0.29, 0.717) is 18.8 Å². The van der Waals surface area contributed by atoms with Gasteiger partial charge >= 0.3 is 0 Å². The summed E-state index contributed by atoms with van der Waals surface area (Å²) in [6, 6.07) is 28.7. The normalized spacial score (nSPS) is 14.5. The van der Waals surface area contributed by atoms with Gasteiger partial charge in [0.25, 0.3) is 5.91 Å². The number of nitrogens with one attached hydrogen (secondary N) is 1. The predicted molar refractivity (Wildman–Crippen MR) is 136 cm³/mol. The van der Waals surface area contributed by atoms with Crippen molar-refractivity contribution in [2.75, 3.05) is 39.3 Å². The van der Waals surface area contributed by atoms with Gasteiger partial charge in [0.1, 0.15) is 5.75 Å². The van der Waals surface area contributed by atoms with Gasteiger partial charge in [-0.3, -0.25) is 19.4 Å². The average Bonchev–Trinajstić information content (AvgIpc) is 2.89. The summed E-state index contributed by atoms with van der Waals surface area (Å²) in [4.78, 5) is 28.1. The van der Waals surface area contributed by atoms with Gasteiger partial charge in [0, 0.05) is 32.7 Å². The van der Waals surface area contributed by atoms with Crippen molar-refractivity contribution in [1.82, 2.24) is 15.1 Å². The van der Waals surface area contributed by atoms with E-state index in [1.54, 1.807) is 12.1 Å². The van der Waals surface area contributed by atoms with Crippen molar-refractivity contribution in [2.24, 2.45) is 5.73 Å². The van der Waals surface area contributed by atoms with Gasteiger partial charge in [0.2, 0.25) is 5.91 Å². The van der Waals surface area contributed by atoms with Gasteiger partial charge in [-0.1, -0.05) is 72.8 Å². The maximum absolute atomic E-state index is 12.5. The molecule has 3 aromatic rings. The molecule has 3 aromatic carbocycles. The van der Waals surface area contributed by atoms with E-state index < -0.39 is 5.91 Å². The van der Waals surface area contributed by atoms with Crippen LogP contribution in [0.25, 0.3) is 0 Å². The van der Waals surface area contributed by atoms with Gasteiger partial charge in [-0.2, -0.15) is 0 Å². The third-order valence-corrected chi connectivity index (χ3v) is 6.16. The third-order valence-electron chi connectivity index (χ3n) is 6.16. The molecule has 2 amide bonds. The Morgan fingerprint density at radius 1 is 0.829 bits per heavy atom. The molecule has 7 nitrogen and oxygen atoms in total. The Bertz CT molecular complexity index is 1040. The topological polar surface area (TPSA) is 87.9 Å². The molecule has 0 saturated carbocycles. The molecule has 182 valence electrons. The SMILES string of the molecule is NC(=O)COc1ccc(CNC(=O)CN2CCN(C(c3ccccc3)c3ccccc3)CC2)cc1. The van der Waals surface area contributed by atoms with E-state index in [2.05, 4.69) is 63.6 Å². The van der Waals surface area contributed by atoms with Crippen LogP contribution in [0.2, 0.25) is 0 Å². The molecular formula is C28H32N4O3. The highest BCUT2D eigenvalue weighted by Gasteiger charge is 2.26. The van der Waals surface area contributed by atoms with Gasteiger partial charge < -0.3 is 15.8 Å². The minimum Gasteiger partial charge on any atom is -0.484 e. The Morgan fingerprint density at radius 3 is 1.94 bits per heavy atom. The lowest BCUT2D eigenvalue weighted by Crippen LogP contribution is -2.50. The molecule has 0 bridgehead atoms. The minimum absolute atomic E-state index is 0.00942. The number of carbonyl (C=O) groups excluding carboxylic acids is 2. The van der Waals surface area contributed by atoms with Crippen LogP contribution < -0.4 is 15.8 Å². The first-order valence-electron chi connectivity index (χ1n) is 11.9. The predicted octanol–water partition coefficient (Wildman–Crippen LogP) is 2.57. The standard InChI is InChI=1S/C28H32N4O3/c29-26(33)21-35-25-13-11-22(12-14-25)19-30-27(34)20-31-15-17-32(18-16-31)28(23-7-3-1-4-8-23)24-9-5-2-6-10-24/h1-14,28H,15-21H2,(H2,29,33)(H,30,34). The molecular weight excluding hydrogens is 440 g/mol. The molecule has 1 aliphatic rings. The largest absolute Gasteiger partial charge is 0.484 e. The van der Waals surface area contributed by atoms with Crippen molar-refractivity contribution in [3.63, 3.8) is 0 Å². The van der Waals surface area contributed by atoms with Gasteiger partial charge in [-0.15, -0.1) is 0 Å². The molecule has 35 heavy (non-hydrogen) atoms. The van der Waals surface area contributed by atoms with Gasteiger partial charge in [-0.25, -0.2) is 0 Å². The highest BCUT2D eigenvalue weighted by Crippen LogP contribution is 2.29. The zero-order chi connectivity index (χ0) is 24.5. The number of primary amides is 1. The number of benzene rings is 3.